The molecule has 0 spiro atoms. The summed E-state index contributed by atoms with van der Waals surface area (Å²) >= 11 is 7.54. The molecule has 7 nitrogen and oxygen atoms in total. The van der Waals surface area contributed by atoms with Crippen molar-refractivity contribution in [1.29, 1.82) is 0 Å². The minimum atomic E-state index is -0.0102. The van der Waals surface area contributed by atoms with Crippen LogP contribution in [0.15, 0.2) is 11.2 Å². The Hall–Kier alpha value is -1.09. The maximum Gasteiger partial charge on any atom is 0.230 e. The molecule has 2 fully saturated rings. The van der Waals surface area contributed by atoms with E-state index in [9.17, 15) is 4.79 Å². The Kier molecular flexibility index (Phi) is 8.64. The first kappa shape index (κ1) is 21.6. The van der Waals surface area contributed by atoms with Crippen molar-refractivity contribution < 1.29 is 9.53 Å². The van der Waals surface area contributed by atoms with Crippen molar-refractivity contribution in [2.45, 2.75) is 43.3 Å². The lowest BCUT2D eigenvalue weighted by molar-refractivity contribution is -0.118. The summed E-state index contributed by atoms with van der Waals surface area (Å²) in [7, 11) is 2.07. The number of aromatic nitrogens is 2. The fourth-order valence-corrected chi connectivity index (χ4v) is 4.56. The van der Waals surface area contributed by atoms with Gasteiger partial charge in [-0.05, 0) is 12.8 Å². The van der Waals surface area contributed by atoms with Gasteiger partial charge in [-0.1, -0.05) is 42.6 Å². The second-order valence-corrected chi connectivity index (χ2v) is 8.66. The number of amides is 1. The van der Waals surface area contributed by atoms with Gasteiger partial charge in [0.25, 0.3) is 0 Å². The fourth-order valence-electron chi connectivity index (χ4n) is 3.65. The van der Waals surface area contributed by atoms with Gasteiger partial charge >= 0.3 is 0 Å². The summed E-state index contributed by atoms with van der Waals surface area (Å²) in [6.45, 7) is 4.90. The van der Waals surface area contributed by atoms with Gasteiger partial charge in [0.15, 0.2) is 5.16 Å². The molecule has 0 atom stereocenters. The lowest BCUT2D eigenvalue weighted by Gasteiger charge is -2.32. The molecule has 1 aliphatic heterocycles. The van der Waals surface area contributed by atoms with Crippen LogP contribution in [0.5, 0.6) is 0 Å². The van der Waals surface area contributed by atoms with Gasteiger partial charge in [-0.3, -0.25) is 9.69 Å². The summed E-state index contributed by atoms with van der Waals surface area (Å²) in [5.74, 6) is 1.11. The van der Waals surface area contributed by atoms with E-state index < -0.39 is 0 Å². The standard InChI is InChI=1S/C19H30ClN5O2S/c1-24(15-5-3-2-4-6-15)17-13-16(20)22-19(23-17)28-14-18(26)21-7-8-25-9-11-27-12-10-25/h13,15H,2-12,14H2,1H3,(H,21,26). The summed E-state index contributed by atoms with van der Waals surface area (Å²) in [4.78, 5) is 25.5. The molecule has 3 rings (SSSR count). The van der Waals surface area contributed by atoms with Crippen molar-refractivity contribution >= 4 is 35.1 Å². The highest BCUT2D eigenvalue weighted by Crippen LogP contribution is 2.27. The molecule has 2 aliphatic rings. The van der Waals surface area contributed by atoms with Gasteiger partial charge in [-0.15, -0.1) is 0 Å². The van der Waals surface area contributed by atoms with E-state index in [4.69, 9.17) is 16.3 Å². The first-order valence-electron chi connectivity index (χ1n) is 10.1. The van der Waals surface area contributed by atoms with E-state index in [2.05, 4.69) is 32.1 Å². The number of anilines is 1. The zero-order chi connectivity index (χ0) is 19.8. The lowest BCUT2D eigenvalue weighted by atomic mass is 9.94. The van der Waals surface area contributed by atoms with Crippen LogP contribution >= 0.6 is 23.4 Å². The molecule has 0 radical (unpaired) electrons. The highest BCUT2D eigenvalue weighted by molar-refractivity contribution is 7.99. The molecule has 1 aromatic rings. The Morgan fingerprint density at radius 3 is 2.82 bits per heavy atom. The van der Waals surface area contributed by atoms with Gasteiger partial charge in [-0.25, -0.2) is 9.97 Å². The second kappa shape index (κ2) is 11.2. The molecule has 9 heteroatoms. The first-order chi connectivity index (χ1) is 13.6. The number of ether oxygens (including phenoxy) is 1. The van der Waals surface area contributed by atoms with Gasteiger partial charge in [0.2, 0.25) is 5.91 Å². The molecule has 0 bridgehead atoms. The van der Waals surface area contributed by atoms with Crippen molar-refractivity contribution in [3.05, 3.63) is 11.2 Å². The number of nitrogens with one attached hydrogen (secondary N) is 1. The summed E-state index contributed by atoms with van der Waals surface area (Å²) in [5.41, 5.74) is 0. The highest BCUT2D eigenvalue weighted by Gasteiger charge is 2.20. The molecule has 1 N–H and O–H groups in total. The molecule has 0 aromatic carbocycles. The number of rotatable bonds is 8. The monoisotopic (exact) mass is 427 g/mol. The van der Waals surface area contributed by atoms with E-state index in [-0.39, 0.29) is 11.7 Å². The molecule has 156 valence electrons. The smallest absolute Gasteiger partial charge is 0.230 e. The number of carbonyl (C=O) groups is 1. The molecule has 1 aromatic heterocycles. The van der Waals surface area contributed by atoms with Crippen LogP contribution < -0.4 is 10.2 Å². The van der Waals surface area contributed by atoms with Crippen molar-refractivity contribution in [3.8, 4) is 0 Å². The number of thioether (sulfide) groups is 1. The zero-order valence-corrected chi connectivity index (χ0v) is 18.1. The zero-order valence-electron chi connectivity index (χ0n) is 16.5. The van der Waals surface area contributed by atoms with Crippen molar-refractivity contribution in [1.82, 2.24) is 20.2 Å². The molecular weight excluding hydrogens is 398 g/mol. The van der Waals surface area contributed by atoms with E-state index in [1.54, 1.807) is 0 Å². The number of nitrogens with zero attached hydrogens (tertiary/aromatic N) is 4. The van der Waals surface area contributed by atoms with Crippen LogP contribution in [-0.2, 0) is 9.53 Å². The molecule has 1 amide bonds. The van der Waals surface area contributed by atoms with E-state index in [1.165, 1.54) is 43.9 Å². The average Bonchev–Trinajstić information content (AvgIpc) is 2.73. The van der Waals surface area contributed by atoms with Gasteiger partial charge in [0.05, 0.1) is 19.0 Å². The number of halogens is 1. The summed E-state index contributed by atoms with van der Waals surface area (Å²) in [6, 6.07) is 2.31. The molecule has 2 heterocycles. The van der Waals surface area contributed by atoms with Crippen LogP contribution in [0.2, 0.25) is 5.15 Å². The summed E-state index contributed by atoms with van der Waals surface area (Å²) < 4.78 is 5.33. The molecule has 1 saturated carbocycles. The predicted octanol–water partition coefficient (Wildman–Crippen LogP) is 2.44. The van der Waals surface area contributed by atoms with E-state index in [1.807, 2.05) is 6.07 Å². The molecule has 1 saturated heterocycles. The maximum atomic E-state index is 12.1. The minimum absolute atomic E-state index is 0.0102. The van der Waals surface area contributed by atoms with Gasteiger partial charge in [0, 0.05) is 45.3 Å². The van der Waals surface area contributed by atoms with Crippen LogP contribution in [0, 0.1) is 0 Å². The third-order valence-electron chi connectivity index (χ3n) is 5.33. The van der Waals surface area contributed by atoms with Crippen molar-refractivity contribution in [3.63, 3.8) is 0 Å². The van der Waals surface area contributed by atoms with Gasteiger partial charge in [-0.2, -0.15) is 0 Å². The molecule has 1 aliphatic carbocycles. The second-order valence-electron chi connectivity index (χ2n) is 7.33. The number of hydrogen-bond donors (Lipinski definition) is 1. The Morgan fingerprint density at radius 1 is 1.32 bits per heavy atom. The van der Waals surface area contributed by atoms with Gasteiger partial charge < -0.3 is 15.0 Å². The predicted molar refractivity (Wildman–Crippen MR) is 113 cm³/mol. The Labute approximate surface area is 176 Å². The number of morpholine rings is 1. The summed E-state index contributed by atoms with van der Waals surface area (Å²) in [5, 5.41) is 3.93. The van der Waals surface area contributed by atoms with Crippen LogP contribution in [0.25, 0.3) is 0 Å². The number of carbonyl (C=O) groups excluding carboxylic acids is 1. The van der Waals surface area contributed by atoms with Gasteiger partial charge in [0.1, 0.15) is 11.0 Å². The topological polar surface area (TPSA) is 70.6 Å². The Balaban J connectivity index is 1.45. The quantitative estimate of drug-likeness (QED) is 0.388. The Morgan fingerprint density at radius 2 is 2.07 bits per heavy atom. The molecule has 28 heavy (non-hydrogen) atoms. The molecule has 0 unspecified atom stereocenters. The average molecular weight is 428 g/mol. The third-order valence-corrected chi connectivity index (χ3v) is 6.37. The normalized spacial score (nSPS) is 18.8. The van der Waals surface area contributed by atoms with E-state index in [0.717, 1.165) is 38.7 Å². The minimum Gasteiger partial charge on any atom is -0.379 e. The summed E-state index contributed by atoms with van der Waals surface area (Å²) in [6.07, 6.45) is 6.22. The highest BCUT2D eigenvalue weighted by atomic mass is 35.5. The first-order valence-corrected chi connectivity index (χ1v) is 11.4. The van der Waals surface area contributed by atoms with Crippen LogP contribution in [0.4, 0.5) is 5.82 Å². The van der Waals surface area contributed by atoms with Crippen LogP contribution in [0.3, 0.4) is 0 Å². The van der Waals surface area contributed by atoms with Crippen molar-refractivity contribution in [2.24, 2.45) is 0 Å². The SMILES string of the molecule is CN(c1cc(Cl)nc(SCC(=O)NCCN2CCOCC2)n1)C1CCCCC1. The largest absolute Gasteiger partial charge is 0.379 e. The third kappa shape index (κ3) is 6.76. The number of hydrogen-bond acceptors (Lipinski definition) is 7. The lowest BCUT2D eigenvalue weighted by Crippen LogP contribution is -2.41. The fraction of sp³-hybridized carbons (Fsp3) is 0.737. The van der Waals surface area contributed by atoms with Crippen molar-refractivity contribution in [2.75, 3.05) is 57.1 Å². The van der Waals surface area contributed by atoms with E-state index >= 15 is 0 Å². The Bertz CT molecular complexity index is 639. The maximum absolute atomic E-state index is 12.1. The molecular formula is C19H30ClN5O2S. The van der Waals surface area contributed by atoms with E-state index in [0.29, 0.717) is 22.9 Å². The van der Waals surface area contributed by atoms with Crippen LogP contribution in [-0.4, -0.2) is 79.0 Å². The van der Waals surface area contributed by atoms with Crippen LogP contribution in [0.1, 0.15) is 32.1 Å².